The number of methoxy groups -OCH3 is 1. The zero-order chi connectivity index (χ0) is 12.0. The Morgan fingerprint density at radius 3 is 3.00 bits per heavy atom. The minimum Gasteiger partial charge on any atom is -0.466 e. The summed E-state index contributed by atoms with van der Waals surface area (Å²) >= 11 is 0. The highest BCUT2D eigenvalue weighted by atomic mass is 16.5. The van der Waals surface area contributed by atoms with Crippen molar-refractivity contribution in [3.05, 3.63) is 11.6 Å². The first kappa shape index (κ1) is 13.2. The molecule has 4 heteroatoms. The first-order chi connectivity index (χ1) is 7.65. The average Bonchev–Trinajstić information content (AvgIpc) is 2.81. The van der Waals surface area contributed by atoms with Crippen molar-refractivity contribution in [1.29, 1.82) is 0 Å². The SMILES string of the molecule is COC(=O)C(C)=CCNC(C)C1CCCO1. The van der Waals surface area contributed by atoms with Crippen LogP contribution in [0.25, 0.3) is 0 Å². The molecule has 0 aromatic rings. The van der Waals surface area contributed by atoms with Crippen LogP contribution in [0.15, 0.2) is 11.6 Å². The molecule has 0 bridgehead atoms. The highest BCUT2D eigenvalue weighted by Gasteiger charge is 2.21. The Morgan fingerprint density at radius 2 is 2.44 bits per heavy atom. The molecule has 0 amide bonds. The third-order valence-electron chi connectivity index (χ3n) is 2.88. The Morgan fingerprint density at radius 1 is 1.69 bits per heavy atom. The van der Waals surface area contributed by atoms with Crippen molar-refractivity contribution in [2.24, 2.45) is 0 Å². The van der Waals surface area contributed by atoms with E-state index in [1.54, 1.807) is 6.92 Å². The second kappa shape index (κ2) is 6.66. The fraction of sp³-hybridized carbons (Fsp3) is 0.750. The molecule has 1 saturated heterocycles. The second-order valence-electron chi connectivity index (χ2n) is 4.13. The number of nitrogens with one attached hydrogen (secondary N) is 1. The molecule has 2 unspecified atom stereocenters. The summed E-state index contributed by atoms with van der Waals surface area (Å²) in [7, 11) is 1.39. The van der Waals surface area contributed by atoms with Crippen molar-refractivity contribution in [2.75, 3.05) is 20.3 Å². The van der Waals surface area contributed by atoms with Crippen LogP contribution < -0.4 is 5.32 Å². The molecule has 1 fully saturated rings. The van der Waals surface area contributed by atoms with Gasteiger partial charge < -0.3 is 14.8 Å². The minimum absolute atomic E-state index is 0.272. The Bertz CT molecular complexity index is 257. The van der Waals surface area contributed by atoms with Crippen LogP contribution in [0.2, 0.25) is 0 Å². The molecule has 0 saturated carbocycles. The van der Waals surface area contributed by atoms with Gasteiger partial charge in [0, 0.05) is 24.8 Å². The molecule has 0 spiro atoms. The number of hydrogen-bond donors (Lipinski definition) is 1. The first-order valence-electron chi connectivity index (χ1n) is 5.75. The average molecular weight is 227 g/mol. The highest BCUT2D eigenvalue weighted by Crippen LogP contribution is 2.15. The summed E-state index contributed by atoms with van der Waals surface area (Å²) in [6.45, 7) is 5.40. The fourth-order valence-corrected chi connectivity index (χ4v) is 1.77. The van der Waals surface area contributed by atoms with E-state index in [2.05, 4.69) is 17.0 Å². The number of esters is 1. The number of ether oxygens (including phenoxy) is 2. The molecule has 1 rings (SSSR count). The number of hydrogen-bond acceptors (Lipinski definition) is 4. The normalized spacial score (nSPS) is 23.2. The van der Waals surface area contributed by atoms with E-state index in [0.29, 0.717) is 24.3 Å². The van der Waals surface area contributed by atoms with E-state index in [1.807, 2.05) is 6.08 Å². The monoisotopic (exact) mass is 227 g/mol. The quantitative estimate of drug-likeness (QED) is 0.567. The van der Waals surface area contributed by atoms with Gasteiger partial charge in [-0.2, -0.15) is 0 Å². The summed E-state index contributed by atoms with van der Waals surface area (Å²) in [5, 5.41) is 3.33. The van der Waals surface area contributed by atoms with Gasteiger partial charge in [0.2, 0.25) is 0 Å². The van der Waals surface area contributed by atoms with Crippen molar-refractivity contribution >= 4 is 5.97 Å². The Hall–Kier alpha value is -0.870. The lowest BCUT2D eigenvalue weighted by molar-refractivity contribution is -0.136. The summed E-state index contributed by atoms with van der Waals surface area (Å²) in [5.41, 5.74) is 0.634. The molecule has 1 heterocycles. The predicted octanol–water partition coefficient (Wildman–Crippen LogP) is 1.26. The van der Waals surface area contributed by atoms with E-state index in [0.717, 1.165) is 19.4 Å². The maximum absolute atomic E-state index is 11.1. The molecule has 4 nitrogen and oxygen atoms in total. The van der Waals surface area contributed by atoms with Crippen molar-refractivity contribution in [3.8, 4) is 0 Å². The maximum Gasteiger partial charge on any atom is 0.333 e. The van der Waals surface area contributed by atoms with Gasteiger partial charge >= 0.3 is 5.97 Å². The van der Waals surface area contributed by atoms with Crippen LogP contribution in [0.5, 0.6) is 0 Å². The van der Waals surface area contributed by atoms with Crippen LogP contribution in [-0.2, 0) is 14.3 Å². The van der Waals surface area contributed by atoms with Crippen molar-refractivity contribution < 1.29 is 14.3 Å². The van der Waals surface area contributed by atoms with E-state index >= 15 is 0 Å². The predicted molar refractivity (Wildman–Crippen MR) is 62.2 cm³/mol. The largest absolute Gasteiger partial charge is 0.466 e. The standard InChI is InChI=1S/C12H21NO3/c1-9(12(14)15-3)6-7-13-10(2)11-5-4-8-16-11/h6,10-11,13H,4-5,7-8H2,1-3H3. The van der Waals surface area contributed by atoms with E-state index < -0.39 is 0 Å². The van der Waals surface area contributed by atoms with Crippen LogP contribution >= 0.6 is 0 Å². The highest BCUT2D eigenvalue weighted by molar-refractivity contribution is 5.87. The van der Waals surface area contributed by atoms with Crippen LogP contribution in [0.1, 0.15) is 26.7 Å². The third kappa shape index (κ3) is 3.94. The molecular formula is C12H21NO3. The molecule has 1 aliphatic heterocycles. The van der Waals surface area contributed by atoms with Gasteiger partial charge in [0.1, 0.15) is 0 Å². The van der Waals surface area contributed by atoms with Gasteiger partial charge in [-0.3, -0.25) is 0 Å². The molecule has 0 aliphatic carbocycles. The Kier molecular flexibility index (Phi) is 5.49. The molecule has 1 N–H and O–H groups in total. The van der Waals surface area contributed by atoms with Gasteiger partial charge in [0.15, 0.2) is 0 Å². The molecule has 16 heavy (non-hydrogen) atoms. The topological polar surface area (TPSA) is 47.6 Å². The summed E-state index contributed by atoms with van der Waals surface area (Å²) in [5.74, 6) is -0.272. The van der Waals surface area contributed by atoms with Crippen LogP contribution in [0.3, 0.4) is 0 Å². The lowest BCUT2D eigenvalue weighted by Crippen LogP contribution is -2.37. The summed E-state index contributed by atoms with van der Waals surface area (Å²) in [6.07, 6.45) is 4.42. The number of carbonyl (C=O) groups is 1. The van der Waals surface area contributed by atoms with Gasteiger partial charge in [-0.1, -0.05) is 6.08 Å². The van der Waals surface area contributed by atoms with Crippen LogP contribution in [0, 0.1) is 0 Å². The Labute approximate surface area is 97.0 Å². The zero-order valence-electron chi connectivity index (χ0n) is 10.3. The summed E-state index contributed by atoms with van der Waals surface area (Å²) in [4.78, 5) is 11.1. The maximum atomic E-state index is 11.1. The molecular weight excluding hydrogens is 206 g/mol. The van der Waals surface area contributed by atoms with Crippen molar-refractivity contribution in [3.63, 3.8) is 0 Å². The van der Waals surface area contributed by atoms with Gasteiger partial charge in [0.05, 0.1) is 13.2 Å². The summed E-state index contributed by atoms with van der Waals surface area (Å²) in [6, 6.07) is 0.323. The molecule has 92 valence electrons. The van der Waals surface area contributed by atoms with Crippen molar-refractivity contribution in [1.82, 2.24) is 5.32 Å². The lowest BCUT2D eigenvalue weighted by Gasteiger charge is -2.19. The number of rotatable bonds is 5. The Balaban J connectivity index is 2.25. The second-order valence-corrected chi connectivity index (χ2v) is 4.13. The van der Waals surface area contributed by atoms with E-state index in [-0.39, 0.29) is 5.97 Å². The third-order valence-corrected chi connectivity index (χ3v) is 2.88. The fourth-order valence-electron chi connectivity index (χ4n) is 1.77. The van der Waals surface area contributed by atoms with E-state index in [9.17, 15) is 4.79 Å². The van der Waals surface area contributed by atoms with Crippen LogP contribution in [-0.4, -0.2) is 38.4 Å². The van der Waals surface area contributed by atoms with Gasteiger partial charge in [-0.15, -0.1) is 0 Å². The number of carbonyl (C=O) groups excluding carboxylic acids is 1. The summed E-state index contributed by atoms with van der Waals surface area (Å²) < 4.78 is 10.2. The van der Waals surface area contributed by atoms with Crippen LogP contribution in [0.4, 0.5) is 0 Å². The molecule has 0 radical (unpaired) electrons. The smallest absolute Gasteiger partial charge is 0.333 e. The van der Waals surface area contributed by atoms with Gasteiger partial charge in [0.25, 0.3) is 0 Å². The molecule has 0 aromatic heterocycles. The first-order valence-corrected chi connectivity index (χ1v) is 5.75. The zero-order valence-corrected chi connectivity index (χ0v) is 10.3. The van der Waals surface area contributed by atoms with Gasteiger partial charge in [-0.05, 0) is 26.7 Å². The molecule has 1 aliphatic rings. The van der Waals surface area contributed by atoms with Crippen molar-refractivity contribution in [2.45, 2.75) is 38.8 Å². The molecule has 2 atom stereocenters. The van der Waals surface area contributed by atoms with Gasteiger partial charge in [-0.25, -0.2) is 4.79 Å². The lowest BCUT2D eigenvalue weighted by atomic mass is 10.1. The minimum atomic E-state index is -0.272. The van der Waals surface area contributed by atoms with E-state index in [1.165, 1.54) is 7.11 Å². The molecule has 0 aromatic carbocycles. The van der Waals surface area contributed by atoms with E-state index in [4.69, 9.17) is 4.74 Å².